The molecule has 2 amide bonds. The molecule has 286 valence electrons. The Morgan fingerprint density at radius 3 is 2.63 bits per heavy atom. The molecular formula is C41H50ClN7O5. The largest absolute Gasteiger partial charge is 0.506 e. The third-order valence-corrected chi connectivity index (χ3v) is 11.5. The number of aryl methyl sites for hydroxylation is 5. The molecule has 4 aromatic rings. The molecule has 0 radical (unpaired) electrons. The highest BCUT2D eigenvalue weighted by atomic mass is 35.5. The zero-order chi connectivity index (χ0) is 37.8. The number of nitrogens with zero attached hydrogens (tertiary/aromatic N) is 7. The summed E-state index contributed by atoms with van der Waals surface area (Å²) in [6.07, 6.45) is 13.5. The van der Waals surface area contributed by atoms with E-state index in [4.69, 9.17) is 21.3 Å². The standard InChI is InChI=1S/C41H50ClN7O5/c1-27-22-46(26-45-27)16-7-17-48(23-35-31(25-50)21-44-28(2)39(35)51)40(52)36-24-47(18-19-49(36)41(53)54-33-9-4-3-5-10-33)38-34-14-13-32(42)20-30(34)12-11-29-8-6-15-43-37(29)38/h6,8,13-15,20-22,26,33,36,38,50-51H,3-5,7,9-12,16-19,23-25H2,1-2H3/t36-,38+/m1/s1. The van der Waals surface area contributed by atoms with Crippen molar-refractivity contribution in [2.75, 3.05) is 26.2 Å². The molecule has 2 aliphatic carbocycles. The van der Waals surface area contributed by atoms with Crippen molar-refractivity contribution in [3.63, 3.8) is 0 Å². The number of aromatic nitrogens is 4. The number of aliphatic hydroxyl groups excluding tert-OH is 1. The number of piperazine rings is 1. The van der Waals surface area contributed by atoms with Crippen molar-refractivity contribution in [3.05, 3.63) is 105 Å². The van der Waals surface area contributed by atoms with Gasteiger partial charge in [0.25, 0.3) is 0 Å². The number of halogens is 1. The fourth-order valence-corrected chi connectivity index (χ4v) is 8.51. The zero-order valence-electron chi connectivity index (χ0n) is 31.2. The molecule has 3 aliphatic rings. The van der Waals surface area contributed by atoms with Gasteiger partial charge in [-0.05, 0) is 93.7 Å². The van der Waals surface area contributed by atoms with Crippen molar-refractivity contribution in [2.45, 2.75) is 103 Å². The van der Waals surface area contributed by atoms with Gasteiger partial charge >= 0.3 is 6.09 Å². The van der Waals surface area contributed by atoms with E-state index in [1.54, 1.807) is 23.1 Å². The number of rotatable bonds is 10. The fraction of sp³-hybridized carbons (Fsp3) is 0.488. The van der Waals surface area contributed by atoms with E-state index in [-0.39, 0.29) is 50.0 Å². The third kappa shape index (κ3) is 8.25. The minimum Gasteiger partial charge on any atom is -0.506 e. The van der Waals surface area contributed by atoms with Gasteiger partial charge in [-0.3, -0.25) is 24.6 Å². The monoisotopic (exact) mass is 755 g/mol. The van der Waals surface area contributed by atoms with E-state index in [1.807, 2.05) is 42.1 Å². The Kier molecular flexibility index (Phi) is 11.8. The topological polar surface area (TPSA) is 137 Å². The van der Waals surface area contributed by atoms with Crippen LogP contribution in [-0.2, 0) is 42.1 Å². The Morgan fingerprint density at radius 1 is 1.04 bits per heavy atom. The number of hydrogen-bond acceptors (Lipinski definition) is 9. The van der Waals surface area contributed by atoms with E-state index in [2.05, 4.69) is 27.0 Å². The van der Waals surface area contributed by atoms with Crippen LogP contribution < -0.4 is 0 Å². The van der Waals surface area contributed by atoms with E-state index in [9.17, 15) is 15.0 Å². The summed E-state index contributed by atoms with van der Waals surface area (Å²) in [4.78, 5) is 48.5. The van der Waals surface area contributed by atoms with Crippen molar-refractivity contribution in [2.24, 2.45) is 0 Å². The Bertz CT molecular complexity index is 1960. The number of amides is 2. The van der Waals surface area contributed by atoms with E-state index < -0.39 is 12.1 Å². The van der Waals surface area contributed by atoms with Gasteiger partial charge in [0.15, 0.2) is 0 Å². The van der Waals surface area contributed by atoms with Gasteiger partial charge < -0.3 is 24.4 Å². The Morgan fingerprint density at radius 2 is 1.85 bits per heavy atom. The second kappa shape index (κ2) is 16.9. The van der Waals surface area contributed by atoms with Crippen LogP contribution in [0.1, 0.15) is 89.5 Å². The molecule has 2 fully saturated rings. The summed E-state index contributed by atoms with van der Waals surface area (Å²) in [7, 11) is 0. The summed E-state index contributed by atoms with van der Waals surface area (Å²) in [6, 6.07) is 8.95. The molecule has 1 saturated carbocycles. The summed E-state index contributed by atoms with van der Waals surface area (Å²) in [5, 5.41) is 22.1. The maximum Gasteiger partial charge on any atom is 0.410 e. The minimum atomic E-state index is -0.890. The van der Waals surface area contributed by atoms with Crippen LogP contribution in [0, 0.1) is 13.8 Å². The van der Waals surface area contributed by atoms with E-state index in [0.717, 1.165) is 73.0 Å². The van der Waals surface area contributed by atoms with Gasteiger partial charge in [-0.2, -0.15) is 0 Å². The maximum atomic E-state index is 15.2. The van der Waals surface area contributed by atoms with Crippen LogP contribution in [0.15, 0.2) is 55.2 Å². The number of aromatic hydroxyl groups is 1. The van der Waals surface area contributed by atoms with Crippen molar-refractivity contribution in [3.8, 4) is 5.75 Å². The summed E-state index contributed by atoms with van der Waals surface area (Å²) in [5.41, 5.74) is 6.52. The third-order valence-electron chi connectivity index (χ3n) is 11.2. The number of carbonyl (C=O) groups excluding carboxylic acids is 2. The lowest BCUT2D eigenvalue weighted by Crippen LogP contribution is -2.62. The second-order valence-corrected chi connectivity index (χ2v) is 15.3. The molecule has 12 nitrogen and oxygen atoms in total. The highest BCUT2D eigenvalue weighted by Gasteiger charge is 2.43. The van der Waals surface area contributed by atoms with E-state index >= 15 is 4.79 Å². The van der Waals surface area contributed by atoms with Crippen LogP contribution in [0.4, 0.5) is 4.79 Å². The molecule has 1 aromatic carbocycles. The van der Waals surface area contributed by atoms with Gasteiger partial charge in [-0.1, -0.05) is 30.2 Å². The van der Waals surface area contributed by atoms with Gasteiger partial charge in [0.1, 0.15) is 17.9 Å². The molecule has 4 heterocycles. The average molecular weight is 756 g/mol. The first-order valence-electron chi connectivity index (χ1n) is 19.2. The first-order chi connectivity index (χ1) is 26.2. The number of aliphatic hydroxyl groups is 1. The Hall–Kier alpha value is -4.52. The van der Waals surface area contributed by atoms with Crippen molar-refractivity contribution in [1.29, 1.82) is 0 Å². The van der Waals surface area contributed by atoms with Gasteiger partial charge in [-0.15, -0.1) is 0 Å². The molecule has 13 heteroatoms. The van der Waals surface area contributed by atoms with Gasteiger partial charge in [0.05, 0.1) is 36.1 Å². The molecule has 54 heavy (non-hydrogen) atoms. The Balaban J connectivity index is 1.25. The maximum absolute atomic E-state index is 15.2. The molecule has 1 saturated heterocycles. The van der Waals surface area contributed by atoms with Crippen LogP contribution in [0.3, 0.4) is 0 Å². The summed E-state index contributed by atoms with van der Waals surface area (Å²) in [5.74, 6) is -0.314. The van der Waals surface area contributed by atoms with Gasteiger partial charge in [0.2, 0.25) is 5.91 Å². The summed E-state index contributed by atoms with van der Waals surface area (Å²) in [6.45, 7) is 5.30. The lowest BCUT2D eigenvalue weighted by Gasteiger charge is -2.45. The second-order valence-electron chi connectivity index (χ2n) is 14.9. The van der Waals surface area contributed by atoms with Crippen molar-refractivity contribution >= 4 is 23.6 Å². The van der Waals surface area contributed by atoms with E-state index in [1.165, 1.54) is 6.20 Å². The summed E-state index contributed by atoms with van der Waals surface area (Å²) >= 11 is 6.52. The Labute approximate surface area is 321 Å². The average Bonchev–Trinajstić information content (AvgIpc) is 3.53. The predicted molar refractivity (Wildman–Crippen MR) is 204 cm³/mol. The van der Waals surface area contributed by atoms with Crippen molar-refractivity contribution in [1.82, 2.24) is 34.2 Å². The number of pyridine rings is 2. The molecular weight excluding hydrogens is 706 g/mol. The number of imidazole rings is 1. The lowest BCUT2D eigenvalue weighted by molar-refractivity contribution is -0.140. The molecule has 2 atom stereocenters. The normalized spacial score (nSPS) is 19.1. The number of ether oxygens (including phenoxy) is 1. The van der Waals surface area contributed by atoms with Gasteiger partial charge in [0, 0.05) is 74.0 Å². The SMILES string of the molecule is Cc1cn(CCCN(Cc2c(CO)cnc(C)c2O)C(=O)[C@H]2CN([C@H]3c4ccc(Cl)cc4CCc4cccnc43)CCN2C(=O)OC2CCCCC2)cn1. The van der Waals surface area contributed by atoms with Crippen LogP contribution in [0.5, 0.6) is 5.75 Å². The fourth-order valence-electron chi connectivity index (χ4n) is 8.32. The molecule has 7 rings (SSSR count). The van der Waals surface area contributed by atoms with Crippen LogP contribution in [0.2, 0.25) is 5.02 Å². The number of carbonyl (C=O) groups is 2. The minimum absolute atomic E-state index is 0.0318. The summed E-state index contributed by atoms with van der Waals surface area (Å²) < 4.78 is 8.12. The molecule has 0 spiro atoms. The smallest absolute Gasteiger partial charge is 0.410 e. The zero-order valence-corrected chi connectivity index (χ0v) is 31.9. The number of hydrogen-bond donors (Lipinski definition) is 2. The van der Waals surface area contributed by atoms with Crippen LogP contribution >= 0.6 is 11.6 Å². The first kappa shape index (κ1) is 37.8. The highest BCUT2D eigenvalue weighted by Crippen LogP contribution is 2.38. The first-order valence-corrected chi connectivity index (χ1v) is 19.6. The molecule has 1 aliphatic heterocycles. The number of benzene rings is 1. The molecule has 0 bridgehead atoms. The van der Waals surface area contributed by atoms with Gasteiger partial charge in [-0.25, -0.2) is 9.78 Å². The predicted octanol–water partition coefficient (Wildman–Crippen LogP) is 5.90. The van der Waals surface area contributed by atoms with Crippen molar-refractivity contribution < 1.29 is 24.5 Å². The lowest BCUT2D eigenvalue weighted by atomic mass is 9.95. The number of fused-ring (bicyclic) bond motifs is 2. The molecule has 2 N–H and O–H groups in total. The quantitative estimate of drug-likeness (QED) is 0.203. The molecule has 0 unspecified atom stereocenters. The van der Waals surface area contributed by atoms with Crippen LogP contribution in [-0.4, -0.2) is 94.8 Å². The highest BCUT2D eigenvalue weighted by molar-refractivity contribution is 6.30. The van der Waals surface area contributed by atoms with Crippen LogP contribution in [0.25, 0.3) is 0 Å². The van der Waals surface area contributed by atoms with E-state index in [0.29, 0.717) is 47.9 Å². The molecule has 3 aromatic heterocycles.